The number of aromatic nitrogens is 1. The van der Waals surface area contributed by atoms with Crippen LogP contribution in [0.1, 0.15) is 5.56 Å². The van der Waals surface area contributed by atoms with Crippen LogP contribution in [0.5, 0.6) is 5.75 Å². The molecule has 3 aromatic rings. The van der Waals surface area contributed by atoms with E-state index in [1.807, 2.05) is 30.3 Å². The number of fused-ring (bicyclic) bond motifs is 2. The number of benzene rings is 2. The van der Waals surface area contributed by atoms with Crippen LogP contribution in [0, 0.1) is 0 Å². The van der Waals surface area contributed by atoms with Crippen LogP contribution in [0.25, 0.3) is 21.8 Å². The minimum absolute atomic E-state index is 0.0530. The number of aromatic hydroxyl groups is 1. The summed E-state index contributed by atoms with van der Waals surface area (Å²) in [7, 11) is 0. The number of rotatable bonds is 2. The average molecular weight is 239 g/mol. The zero-order chi connectivity index (χ0) is 12.5. The Morgan fingerprint density at radius 1 is 0.944 bits per heavy atom. The van der Waals surface area contributed by atoms with E-state index >= 15 is 0 Å². The topological polar surface area (TPSA) is 53.4 Å². The van der Waals surface area contributed by atoms with E-state index in [2.05, 4.69) is 4.98 Å². The van der Waals surface area contributed by atoms with Crippen LogP contribution < -0.4 is 0 Å². The minimum Gasteiger partial charge on any atom is -0.507 e. The fourth-order valence-corrected chi connectivity index (χ4v) is 2.39. The van der Waals surface area contributed by atoms with Crippen molar-refractivity contribution in [2.75, 3.05) is 6.61 Å². The molecule has 0 aliphatic carbocycles. The molecule has 0 amide bonds. The molecule has 2 aromatic carbocycles. The van der Waals surface area contributed by atoms with Gasteiger partial charge in [0, 0.05) is 17.4 Å². The van der Waals surface area contributed by atoms with Gasteiger partial charge in [-0.2, -0.15) is 0 Å². The molecule has 2 N–H and O–H groups in total. The monoisotopic (exact) mass is 239 g/mol. The predicted octanol–water partition coefficient (Wildman–Crippen LogP) is 2.63. The summed E-state index contributed by atoms with van der Waals surface area (Å²) in [5, 5.41) is 21.0. The Kier molecular flexibility index (Phi) is 2.61. The summed E-state index contributed by atoms with van der Waals surface area (Å²) >= 11 is 0. The fourth-order valence-electron chi connectivity index (χ4n) is 2.39. The quantitative estimate of drug-likeness (QED) is 0.676. The number of para-hydroxylation sites is 1. The highest BCUT2D eigenvalue weighted by atomic mass is 16.3. The standard InChI is InChI=1S/C15H13NO2/c17-9-8-11-10-4-1-2-5-12(10)16-13-6-3-7-14(18)15(11)13/h1-7,17-18H,8-9H2. The number of aliphatic hydroxyl groups excluding tert-OH is 1. The summed E-state index contributed by atoms with van der Waals surface area (Å²) in [5.41, 5.74) is 2.60. The van der Waals surface area contributed by atoms with Crippen molar-refractivity contribution in [3.8, 4) is 5.75 Å². The summed E-state index contributed by atoms with van der Waals surface area (Å²) in [6.45, 7) is 0.0530. The third-order valence-corrected chi connectivity index (χ3v) is 3.15. The SMILES string of the molecule is OCCc1c2ccccc2nc2cccc(O)c12. The number of hydrogen-bond acceptors (Lipinski definition) is 3. The van der Waals surface area contributed by atoms with Gasteiger partial charge in [-0.15, -0.1) is 0 Å². The molecule has 90 valence electrons. The van der Waals surface area contributed by atoms with Crippen molar-refractivity contribution in [1.82, 2.24) is 4.98 Å². The molecule has 0 spiro atoms. The Labute approximate surface area is 104 Å². The molecule has 0 bridgehead atoms. The van der Waals surface area contributed by atoms with Crippen LogP contribution in [0.3, 0.4) is 0 Å². The normalized spacial score (nSPS) is 11.2. The average Bonchev–Trinajstić information content (AvgIpc) is 2.39. The summed E-state index contributed by atoms with van der Waals surface area (Å²) < 4.78 is 0. The van der Waals surface area contributed by atoms with Crippen molar-refractivity contribution in [2.45, 2.75) is 6.42 Å². The van der Waals surface area contributed by atoms with E-state index in [-0.39, 0.29) is 12.4 Å². The Morgan fingerprint density at radius 2 is 1.72 bits per heavy atom. The lowest BCUT2D eigenvalue weighted by Gasteiger charge is -2.10. The highest BCUT2D eigenvalue weighted by Gasteiger charge is 2.11. The largest absolute Gasteiger partial charge is 0.507 e. The molecule has 0 atom stereocenters. The number of phenols is 1. The molecule has 3 heteroatoms. The zero-order valence-corrected chi connectivity index (χ0v) is 9.80. The molecular formula is C15H13NO2. The second kappa shape index (κ2) is 4.27. The summed E-state index contributed by atoms with van der Waals surface area (Å²) in [6.07, 6.45) is 0.511. The van der Waals surface area contributed by atoms with Gasteiger partial charge >= 0.3 is 0 Å². The Morgan fingerprint density at radius 3 is 2.56 bits per heavy atom. The molecule has 0 saturated carbocycles. The van der Waals surface area contributed by atoms with Gasteiger partial charge in [-0.1, -0.05) is 24.3 Å². The van der Waals surface area contributed by atoms with Gasteiger partial charge in [0.2, 0.25) is 0 Å². The Hall–Kier alpha value is -2.13. The number of pyridine rings is 1. The maximum atomic E-state index is 10.0. The number of nitrogens with zero attached hydrogens (tertiary/aromatic N) is 1. The van der Waals surface area contributed by atoms with E-state index in [1.165, 1.54) is 0 Å². The first-order valence-electron chi connectivity index (χ1n) is 5.91. The van der Waals surface area contributed by atoms with E-state index in [9.17, 15) is 10.2 Å². The highest BCUT2D eigenvalue weighted by Crippen LogP contribution is 2.32. The third-order valence-electron chi connectivity index (χ3n) is 3.15. The smallest absolute Gasteiger partial charge is 0.125 e. The summed E-state index contributed by atoms with van der Waals surface area (Å²) in [6, 6.07) is 13.1. The Balaban J connectivity index is 2.51. The van der Waals surface area contributed by atoms with Gasteiger partial charge in [-0.05, 0) is 30.2 Å². The van der Waals surface area contributed by atoms with Crippen LogP contribution >= 0.6 is 0 Å². The van der Waals surface area contributed by atoms with Crippen molar-refractivity contribution < 1.29 is 10.2 Å². The van der Waals surface area contributed by atoms with Crippen molar-refractivity contribution >= 4 is 21.8 Å². The minimum atomic E-state index is 0.0530. The molecule has 0 aliphatic heterocycles. The number of phenolic OH excluding ortho intramolecular Hbond substituents is 1. The van der Waals surface area contributed by atoms with Crippen LogP contribution in [0.4, 0.5) is 0 Å². The van der Waals surface area contributed by atoms with Crippen LogP contribution in [-0.2, 0) is 6.42 Å². The van der Waals surface area contributed by atoms with Crippen LogP contribution in [-0.4, -0.2) is 21.8 Å². The van der Waals surface area contributed by atoms with E-state index in [1.54, 1.807) is 12.1 Å². The maximum Gasteiger partial charge on any atom is 0.125 e. The van der Waals surface area contributed by atoms with Crippen molar-refractivity contribution in [2.24, 2.45) is 0 Å². The summed E-state index contributed by atoms with van der Waals surface area (Å²) in [4.78, 5) is 4.54. The van der Waals surface area contributed by atoms with Gasteiger partial charge in [-0.3, -0.25) is 0 Å². The zero-order valence-electron chi connectivity index (χ0n) is 9.80. The van der Waals surface area contributed by atoms with E-state index in [4.69, 9.17) is 0 Å². The van der Waals surface area contributed by atoms with Gasteiger partial charge in [0.15, 0.2) is 0 Å². The lowest BCUT2D eigenvalue weighted by molar-refractivity contribution is 0.300. The molecule has 0 aliphatic rings. The van der Waals surface area contributed by atoms with E-state index in [0.29, 0.717) is 6.42 Å². The molecule has 1 aromatic heterocycles. The van der Waals surface area contributed by atoms with Gasteiger partial charge in [0.25, 0.3) is 0 Å². The number of aliphatic hydroxyl groups is 1. The molecule has 18 heavy (non-hydrogen) atoms. The molecule has 3 nitrogen and oxygen atoms in total. The van der Waals surface area contributed by atoms with Crippen LogP contribution in [0.15, 0.2) is 42.5 Å². The molecule has 0 radical (unpaired) electrons. The van der Waals surface area contributed by atoms with Gasteiger partial charge in [0.05, 0.1) is 11.0 Å². The first-order chi connectivity index (χ1) is 8.81. The lowest BCUT2D eigenvalue weighted by atomic mass is 10.00. The maximum absolute atomic E-state index is 10.0. The molecule has 0 unspecified atom stereocenters. The highest BCUT2D eigenvalue weighted by molar-refractivity contribution is 6.00. The van der Waals surface area contributed by atoms with Crippen LogP contribution in [0.2, 0.25) is 0 Å². The molecule has 0 fully saturated rings. The summed E-state index contributed by atoms with van der Waals surface area (Å²) in [5.74, 6) is 0.217. The van der Waals surface area contributed by atoms with Crippen molar-refractivity contribution in [3.05, 3.63) is 48.0 Å². The molecule has 1 heterocycles. The first-order valence-corrected chi connectivity index (χ1v) is 5.91. The van der Waals surface area contributed by atoms with Crippen molar-refractivity contribution in [1.29, 1.82) is 0 Å². The third kappa shape index (κ3) is 1.60. The Bertz CT molecular complexity index is 722. The second-order valence-corrected chi connectivity index (χ2v) is 4.25. The van der Waals surface area contributed by atoms with Gasteiger partial charge < -0.3 is 10.2 Å². The van der Waals surface area contributed by atoms with Gasteiger partial charge in [-0.25, -0.2) is 4.98 Å². The number of hydrogen-bond donors (Lipinski definition) is 2. The van der Waals surface area contributed by atoms with E-state index < -0.39 is 0 Å². The fraction of sp³-hybridized carbons (Fsp3) is 0.133. The molecule has 0 saturated heterocycles. The van der Waals surface area contributed by atoms with Gasteiger partial charge in [0.1, 0.15) is 5.75 Å². The second-order valence-electron chi connectivity index (χ2n) is 4.25. The predicted molar refractivity (Wildman–Crippen MR) is 71.7 cm³/mol. The van der Waals surface area contributed by atoms with Crippen molar-refractivity contribution in [3.63, 3.8) is 0 Å². The molecule has 3 rings (SSSR count). The van der Waals surface area contributed by atoms with E-state index in [0.717, 1.165) is 27.4 Å². The first kappa shape index (κ1) is 11.0. The lowest BCUT2D eigenvalue weighted by Crippen LogP contribution is -1.96. The molecular weight excluding hydrogens is 226 g/mol.